The first kappa shape index (κ1) is 24.4. The van der Waals surface area contributed by atoms with Crippen LogP contribution in [-0.4, -0.2) is 36.8 Å². The number of imidazole rings is 1. The van der Waals surface area contributed by atoms with Crippen molar-refractivity contribution >= 4 is 23.8 Å². The molecule has 0 aliphatic rings. The molecule has 2 heterocycles. The van der Waals surface area contributed by atoms with Gasteiger partial charge in [-0.05, 0) is 61.1 Å². The van der Waals surface area contributed by atoms with Crippen LogP contribution in [0.5, 0.6) is 5.75 Å². The third kappa shape index (κ3) is 6.05. The molecule has 2 aromatic carbocycles. The maximum Gasteiger partial charge on any atom is 0.226 e. The number of rotatable bonds is 10. The molecule has 0 spiro atoms. The Morgan fingerprint density at radius 2 is 2.00 bits per heavy atom. The first-order valence-corrected chi connectivity index (χ1v) is 12.1. The summed E-state index contributed by atoms with van der Waals surface area (Å²) >= 11 is 5.40. The number of carbonyl (C=O) groups excluding carboxylic acids is 1. The van der Waals surface area contributed by atoms with Crippen molar-refractivity contribution in [2.24, 2.45) is 0 Å². The van der Waals surface area contributed by atoms with E-state index >= 15 is 0 Å². The number of aromatic nitrogens is 5. The van der Waals surface area contributed by atoms with E-state index in [-0.39, 0.29) is 12.3 Å². The molecule has 182 valence electrons. The third-order valence-corrected chi connectivity index (χ3v) is 5.88. The summed E-state index contributed by atoms with van der Waals surface area (Å²) in [6, 6.07) is 15.6. The van der Waals surface area contributed by atoms with Crippen LogP contribution in [0.3, 0.4) is 0 Å². The van der Waals surface area contributed by atoms with E-state index in [1.807, 2.05) is 72.4 Å². The second-order valence-electron chi connectivity index (χ2n) is 8.53. The first-order valence-electron chi connectivity index (χ1n) is 11.7. The molecule has 9 heteroatoms. The van der Waals surface area contributed by atoms with E-state index < -0.39 is 0 Å². The van der Waals surface area contributed by atoms with Crippen molar-refractivity contribution in [2.75, 3.05) is 11.9 Å². The zero-order chi connectivity index (χ0) is 24.8. The van der Waals surface area contributed by atoms with Crippen molar-refractivity contribution < 1.29 is 9.53 Å². The number of anilines is 1. The fourth-order valence-corrected chi connectivity index (χ4v) is 4.17. The smallest absolute Gasteiger partial charge is 0.226 e. The van der Waals surface area contributed by atoms with Gasteiger partial charge in [-0.2, -0.15) is 5.10 Å². The maximum atomic E-state index is 12.7. The van der Waals surface area contributed by atoms with Crippen molar-refractivity contribution in [2.45, 2.75) is 46.2 Å². The summed E-state index contributed by atoms with van der Waals surface area (Å²) in [4.78, 5) is 17.2. The molecule has 0 atom stereocenters. The molecule has 0 radical (unpaired) electrons. The van der Waals surface area contributed by atoms with Gasteiger partial charge in [0.05, 0.1) is 6.61 Å². The zero-order valence-corrected chi connectivity index (χ0v) is 21.0. The number of nitrogens with one attached hydrogen (secondary N) is 2. The largest absolute Gasteiger partial charge is 0.494 e. The lowest BCUT2D eigenvalue weighted by Gasteiger charge is -2.12. The number of nitrogens with zero attached hydrogens (tertiary/aromatic N) is 4. The molecule has 8 nitrogen and oxygen atoms in total. The minimum absolute atomic E-state index is 0.0894. The molecule has 0 aliphatic heterocycles. The highest BCUT2D eigenvalue weighted by atomic mass is 32.1. The molecule has 4 aromatic rings. The summed E-state index contributed by atoms with van der Waals surface area (Å²) in [5, 5.41) is 10.2. The van der Waals surface area contributed by atoms with E-state index in [0.29, 0.717) is 36.2 Å². The Hall–Kier alpha value is -3.72. The maximum absolute atomic E-state index is 12.7. The first-order chi connectivity index (χ1) is 16.9. The molecule has 2 N–H and O–H groups in total. The lowest BCUT2D eigenvalue weighted by atomic mass is 10.1. The molecule has 4 rings (SSSR count). The number of H-pyrrole nitrogens is 1. The Bertz CT molecular complexity index is 1340. The van der Waals surface area contributed by atoms with Crippen LogP contribution in [0.15, 0.2) is 60.9 Å². The van der Waals surface area contributed by atoms with Crippen molar-refractivity contribution in [3.05, 3.63) is 77.1 Å². The molecular weight excluding hydrogens is 460 g/mol. The SMILES string of the molecule is CCOc1ccc(-c2n[nH]c(=S)n2CCC(=O)Nc2cccc(Cn3ccnc3C(C)C)c2)cc1. The van der Waals surface area contributed by atoms with Crippen LogP contribution >= 0.6 is 12.2 Å². The Morgan fingerprint density at radius 3 is 2.74 bits per heavy atom. The van der Waals surface area contributed by atoms with Gasteiger partial charge in [-0.15, -0.1) is 0 Å². The molecule has 0 saturated carbocycles. The van der Waals surface area contributed by atoms with Crippen LogP contribution in [0.2, 0.25) is 0 Å². The summed E-state index contributed by atoms with van der Waals surface area (Å²) in [6.07, 6.45) is 4.07. The van der Waals surface area contributed by atoms with Crippen LogP contribution in [0.1, 0.15) is 44.5 Å². The summed E-state index contributed by atoms with van der Waals surface area (Å²) in [5.41, 5.74) is 2.76. The van der Waals surface area contributed by atoms with E-state index in [2.05, 4.69) is 38.9 Å². The molecular formula is C26H30N6O2S. The number of hydrogen-bond acceptors (Lipinski definition) is 5. The quantitative estimate of drug-likeness (QED) is 0.290. The Labute approximate surface area is 210 Å². The van der Waals surface area contributed by atoms with Gasteiger partial charge in [0.25, 0.3) is 0 Å². The van der Waals surface area contributed by atoms with E-state index in [4.69, 9.17) is 17.0 Å². The van der Waals surface area contributed by atoms with E-state index in [1.54, 1.807) is 0 Å². The van der Waals surface area contributed by atoms with Gasteiger partial charge in [0.1, 0.15) is 11.6 Å². The summed E-state index contributed by atoms with van der Waals surface area (Å²) < 4.78 is 9.96. The number of benzene rings is 2. The average Bonchev–Trinajstić information content (AvgIpc) is 3.45. The zero-order valence-electron chi connectivity index (χ0n) is 20.2. The van der Waals surface area contributed by atoms with Gasteiger partial charge in [-0.25, -0.2) is 4.98 Å². The minimum Gasteiger partial charge on any atom is -0.494 e. The molecule has 0 unspecified atom stereocenters. The van der Waals surface area contributed by atoms with Gasteiger partial charge in [0.15, 0.2) is 10.6 Å². The Balaban J connectivity index is 1.39. The number of amides is 1. The lowest BCUT2D eigenvalue weighted by Crippen LogP contribution is -2.15. The van der Waals surface area contributed by atoms with Crippen molar-refractivity contribution in [1.29, 1.82) is 0 Å². The van der Waals surface area contributed by atoms with Crippen molar-refractivity contribution in [1.82, 2.24) is 24.3 Å². The normalized spacial score (nSPS) is 11.1. The molecule has 1 amide bonds. The molecule has 0 bridgehead atoms. The van der Waals surface area contributed by atoms with Crippen LogP contribution in [-0.2, 0) is 17.9 Å². The highest BCUT2D eigenvalue weighted by Crippen LogP contribution is 2.22. The molecule has 2 aromatic heterocycles. The van der Waals surface area contributed by atoms with Gasteiger partial charge >= 0.3 is 0 Å². The van der Waals surface area contributed by atoms with Gasteiger partial charge in [0.2, 0.25) is 5.91 Å². The number of aromatic amines is 1. The average molecular weight is 491 g/mol. The second-order valence-corrected chi connectivity index (χ2v) is 8.91. The Morgan fingerprint density at radius 1 is 1.20 bits per heavy atom. The van der Waals surface area contributed by atoms with Crippen LogP contribution in [0, 0.1) is 4.77 Å². The van der Waals surface area contributed by atoms with E-state index in [9.17, 15) is 4.79 Å². The molecule has 0 saturated heterocycles. The van der Waals surface area contributed by atoms with Crippen LogP contribution in [0.4, 0.5) is 5.69 Å². The third-order valence-electron chi connectivity index (χ3n) is 5.57. The number of carbonyl (C=O) groups is 1. The van der Waals surface area contributed by atoms with Gasteiger partial charge < -0.3 is 14.6 Å². The van der Waals surface area contributed by atoms with Crippen LogP contribution < -0.4 is 10.1 Å². The predicted molar refractivity (Wildman–Crippen MR) is 139 cm³/mol. The fraction of sp³-hybridized carbons (Fsp3) is 0.308. The van der Waals surface area contributed by atoms with Crippen molar-refractivity contribution in [3.8, 4) is 17.1 Å². The summed E-state index contributed by atoms with van der Waals surface area (Å²) in [5.74, 6) is 2.78. The molecule has 35 heavy (non-hydrogen) atoms. The fourth-order valence-electron chi connectivity index (χ4n) is 3.95. The van der Waals surface area contributed by atoms with Gasteiger partial charge in [0, 0.05) is 49.1 Å². The summed E-state index contributed by atoms with van der Waals surface area (Å²) in [7, 11) is 0. The van der Waals surface area contributed by atoms with E-state index in [0.717, 1.165) is 28.4 Å². The predicted octanol–water partition coefficient (Wildman–Crippen LogP) is 5.40. The van der Waals surface area contributed by atoms with E-state index in [1.165, 1.54) is 0 Å². The highest BCUT2D eigenvalue weighted by molar-refractivity contribution is 7.71. The van der Waals surface area contributed by atoms with Gasteiger partial charge in [-0.1, -0.05) is 26.0 Å². The molecule has 0 fully saturated rings. The standard InChI is InChI=1S/C26H30N6O2S/c1-4-34-22-10-8-20(9-11-22)25-29-30-26(35)32(25)14-12-23(33)28-21-7-5-6-19(16-21)17-31-15-13-27-24(31)18(2)3/h5-11,13,15-16,18H,4,12,14,17H2,1-3H3,(H,28,33)(H,30,35). The van der Waals surface area contributed by atoms with Gasteiger partial charge in [-0.3, -0.25) is 14.5 Å². The Kier molecular flexibility index (Phi) is 7.77. The van der Waals surface area contributed by atoms with Crippen molar-refractivity contribution in [3.63, 3.8) is 0 Å². The monoisotopic (exact) mass is 490 g/mol. The van der Waals surface area contributed by atoms with Crippen LogP contribution in [0.25, 0.3) is 11.4 Å². The lowest BCUT2D eigenvalue weighted by molar-refractivity contribution is -0.116. The number of ether oxygens (including phenoxy) is 1. The number of hydrogen-bond donors (Lipinski definition) is 2. The summed E-state index contributed by atoms with van der Waals surface area (Å²) in [6.45, 7) is 7.93. The highest BCUT2D eigenvalue weighted by Gasteiger charge is 2.12. The minimum atomic E-state index is -0.0894. The topological polar surface area (TPSA) is 89.8 Å². The second kappa shape index (κ2) is 11.1. The molecule has 0 aliphatic carbocycles.